The summed E-state index contributed by atoms with van der Waals surface area (Å²) in [4.78, 5) is 36.7. The molecule has 0 aliphatic heterocycles. The average Bonchev–Trinajstić information content (AvgIpc) is 3.08. The Hall–Kier alpha value is -2.97. The number of hydrogen-bond acceptors (Lipinski definition) is 7. The smallest absolute Gasteiger partial charge is 0.306 e. The van der Waals surface area contributed by atoms with Crippen molar-refractivity contribution in [3.05, 3.63) is 60.8 Å². The zero-order valence-corrected chi connectivity index (χ0v) is 33.0. The summed E-state index contributed by atoms with van der Waals surface area (Å²) >= 11 is 0. The van der Waals surface area contributed by atoms with Crippen LogP contribution in [-0.4, -0.2) is 75.5 Å². The van der Waals surface area contributed by atoms with Crippen molar-refractivity contribution in [1.82, 2.24) is 0 Å². The number of carboxylic acids is 1. The first-order valence-electron chi connectivity index (χ1n) is 19.8. The largest absolute Gasteiger partial charge is 0.544 e. The first-order valence-corrected chi connectivity index (χ1v) is 19.8. The summed E-state index contributed by atoms with van der Waals surface area (Å²) in [5.74, 6) is -1.81. The van der Waals surface area contributed by atoms with Gasteiger partial charge in [-0.3, -0.25) is 9.59 Å². The van der Waals surface area contributed by atoms with Crippen molar-refractivity contribution in [2.75, 3.05) is 41.0 Å². The van der Waals surface area contributed by atoms with E-state index >= 15 is 0 Å². The van der Waals surface area contributed by atoms with Crippen LogP contribution in [-0.2, 0) is 28.6 Å². The van der Waals surface area contributed by atoms with Gasteiger partial charge in [-0.15, -0.1) is 0 Å². The molecule has 0 amide bonds. The summed E-state index contributed by atoms with van der Waals surface area (Å²) in [5.41, 5.74) is 0. The van der Waals surface area contributed by atoms with Gasteiger partial charge in [0.1, 0.15) is 12.6 Å². The number of carbonyl (C=O) groups excluding carboxylic acids is 3. The molecule has 0 radical (unpaired) electrons. The lowest BCUT2D eigenvalue weighted by atomic mass is 10.1. The first kappa shape index (κ1) is 48.0. The monoisotopic (exact) mass is 716 g/mol. The molecule has 2 unspecified atom stereocenters. The number of hydrogen-bond donors (Lipinski definition) is 0. The third kappa shape index (κ3) is 32.7. The standard InChI is InChI=1S/C43H73NO7/c1-6-8-10-12-14-16-18-20-21-22-24-26-28-30-32-34-42(46)51-39(37-49-36-35-40(43(47)48)44(3,4)5)38-50-41(45)33-31-29-27-25-23-19-17-15-13-11-9-7-2/h9,11,14-18,20,23,25,39-40H,6-8,10,12-13,19,21-22,24,26-38H2,1-5H3/b11-9+,16-14+,17-15+,20-18+,25-23+. The molecule has 292 valence electrons. The summed E-state index contributed by atoms with van der Waals surface area (Å²) in [7, 11) is 5.37. The summed E-state index contributed by atoms with van der Waals surface area (Å²) in [6.45, 7) is 4.43. The number of likely N-dealkylation sites (N-methyl/N-ethyl adjacent to an activating group) is 1. The van der Waals surface area contributed by atoms with E-state index in [4.69, 9.17) is 14.2 Å². The molecule has 0 aromatic rings. The van der Waals surface area contributed by atoms with Gasteiger partial charge in [-0.1, -0.05) is 113 Å². The van der Waals surface area contributed by atoms with Gasteiger partial charge < -0.3 is 28.6 Å². The highest BCUT2D eigenvalue weighted by Gasteiger charge is 2.25. The predicted molar refractivity (Wildman–Crippen MR) is 208 cm³/mol. The third-order valence-corrected chi connectivity index (χ3v) is 8.42. The molecular weight excluding hydrogens is 642 g/mol. The second-order valence-corrected chi connectivity index (χ2v) is 14.2. The number of ether oxygens (including phenoxy) is 3. The number of unbranched alkanes of at least 4 members (excludes halogenated alkanes) is 11. The highest BCUT2D eigenvalue weighted by molar-refractivity contribution is 5.70. The third-order valence-electron chi connectivity index (χ3n) is 8.42. The molecule has 0 aliphatic rings. The number of nitrogens with zero attached hydrogens (tertiary/aromatic N) is 1. The van der Waals surface area contributed by atoms with Crippen LogP contribution < -0.4 is 5.11 Å². The molecule has 0 saturated carbocycles. The average molecular weight is 716 g/mol. The van der Waals surface area contributed by atoms with Gasteiger partial charge in [0.2, 0.25) is 0 Å². The van der Waals surface area contributed by atoms with E-state index in [0.717, 1.165) is 70.6 Å². The van der Waals surface area contributed by atoms with E-state index in [-0.39, 0.29) is 42.7 Å². The number of carboxylic acid groups (broad SMARTS) is 1. The van der Waals surface area contributed by atoms with E-state index in [1.165, 1.54) is 32.1 Å². The highest BCUT2D eigenvalue weighted by atomic mass is 16.6. The van der Waals surface area contributed by atoms with Gasteiger partial charge in [0, 0.05) is 19.3 Å². The quantitative estimate of drug-likeness (QED) is 0.0216. The van der Waals surface area contributed by atoms with Crippen LogP contribution in [0.15, 0.2) is 60.8 Å². The lowest BCUT2D eigenvalue weighted by Gasteiger charge is -2.34. The second-order valence-electron chi connectivity index (χ2n) is 14.2. The number of carbonyl (C=O) groups is 3. The molecule has 51 heavy (non-hydrogen) atoms. The van der Waals surface area contributed by atoms with E-state index in [2.05, 4.69) is 74.6 Å². The maximum Gasteiger partial charge on any atom is 0.306 e. The Bertz CT molecular complexity index is 1020. The lowest BCUT2D eigenvalue weighted by Crippen LogP contribution is -2.55. The van der Waals surface area contributed by atoms with Gasteiger partial charge in [-0.2, -0.15) is 0 Å². The normalized spacial score (nSPS) is 13.7. The molecule has 0 spiro atoms. The van der Waals surface area contributed by atoms with Gasteiger partial charge >= 0.3 is 11.9 Å². The fourth-order valence-corrected chi connectivity index (χ4v) is 5.31. The van der Waals surface area contributed by atoms with Crippen LogP contribution in [0.5, 0.6) is 0 Å². The summed E-state index contributed by atoms with van der Waals surface area (Å²) in [6.07, 6.45) is 39.6. The maximum absolute atomic E-state index is 12.7. The first-order chi connectivity index (χ1) is 24.6. The van der Waals surface area contributed by atoms with Crippen LogP contribution in [0.1, 0.15) is 142 Å². The Kier molecular flexibility index (Phi) is 32.1. The van der Waals surface area contributed by atoms with E-state index in [0.29, 0.717) is 19.3 Å². The topological polar surface area (TPSA) is 102 Å². The van der Waals surface area contributed by atoms with Crippen LogP contribution in [0.25, 0.3) is 0 Å². The number of esters is 2. The van der Waals surface area contributed by atoms with Crippen molar-refractivity contribution in [3.63, 3.8) is 0 Å². The number of quaternary nitrogens is 1. The minimum Gasteiger partial charge on any atom is -0.544 e. The molecule has 0 aliphatic carbocycles. The Balaban J connectivity index is 4.49. The van der Waals surface area contributed by atoms with Crippen molar-refractivity contribution in [2.45, 2.75) is 154 Å². The van der Waals surface area contributed by atoms with E-state index in [1.54, 1.807) is 21.1 Å². The van der Waals surface area contributed by atoms with Gasteiger partial charge in [0.25, 0.3) is 0 Å². The van der Waals surface area contributed by atoms with Crippen LogP contribution >= 0.6 is 0 Å². The fraction of sp³-hybridized carbons (Fsp3) is 0.698. The van der Waals surface area contributed by atoms with Crippen molar-refractivity contribution in [2.24, 2.45) is 0 Å². The molecule has 0 saturated heterocycles. The van der Waals surface area contributed by atoms with Crippen LogP contribution in [0.4, 0.5) is 0 Å². The molecule has 0 aromatic heterocycles. The lowest BCUT2D eigenvalue weighted by molar-refractivity contribution is -0.889. The molecule has 8 heteroatoms. The zero-order chi connectivity index (χ0) is 37.8. The highest BCUT2D eigenvalue weighted by Crippen LogP contribution is 2.12. The van der Waals surface area contributed by atoms with Gasteiger partial charge in [0.05, 0.1) is 40.3 Å². The van der Waals surface area contributed by atoms with Gasteiger partial charge in [-0.05, 0) is 70.6 Å². The fourth-order valence-electron chi connectivity index (χ4n) is 5.31. The Morgan fingerprint density at radius 2 is 1.16 bits per heavy atom. The molecular formula is C43H73NO7. The van der Waals surface area contributed by atoms with Crippen molar-refractivity contribution >= 4 is 17.9 Å². The number of rotatable bonds is 34. The minimum atomic E-state index is -1.14. The van der Waals surface area contributed by atoms with Crippen molar-refractivity contribution < 1.29 is 38.2 Å². The Morgan fingerprint density at radius 3 is 1.78 bits per heavy atom. The van der Waals surface area contributed by atoms with E-state index in [9.17, 15) is 19.5 Å². The second kappa shape index (κ2) is 34.1. The molecule has 0 aromatic carbocycles. The van der Waals surface area contributed by atoms with Crippen LogP contribution in [0.3, 0.4) is 0 Å². The molecule has 0 N–H and O–H groups in total. The Labute approximate surface area is 311 Å². The van der Waals surface area contributed by atoms with Crippen LogP contribution in [0.2, 0.25) is 0 Å². The molecule has 2 atom stereocenters. The van der Waals surface area contributed by atoms with E-state index < -0.39 is 18.1 Å². The molecule has 0 fully saturated rings. The summed E-state index contributed by atoms with van der Waals surface area (Å²) in [6, 6.07) is -0.734. The molecule has 0 heterocycles. The van der Waals surface area contributed by atoms with E-state index in [1.807, 2.05) is 0 Å². The molecule has 8 nitrogen and oxygen atoms in total. The van der Waals surface area contributed by atoms with Crippen LogP contribution in [0, 0.1) is 0 Å². The SMILES string of the molecule is CC/C=C/C/C=C/C/C=C/CCCCC(=O)OCC(COCCC(C(=O)[O-])[N+](C)(C)C)OC(=O)CCCCCCCC/C=C/C=C/CCCCC. The number of aliphatic carboxylic acids is 1. The Morgan fingerprint density at radius 1 is 0.627 bits per heavy atom. The summed E-state index contributed by atoms with van der Waals surface area (Å²) < 4.78 is 17.0. The van der Waals surface area contributed by atoms with Gasteiger partial charge in [-0.25, -0.2) is 0 Å². The summed E-state index contributed by atoms with van der Waals surface area (Å²) in [5, 5.41) is 11.6. The zero-order valence-electron chi connectivity index (χ0n) is 33.0. The van der Waals surface area contributed by atoms with Crippen molar-refractivity contribution in [1.29, 1.82) is 0 Å². The molecule has 0 bridgehead atoms. The maximum atomic E-state index is 12.7. The minimum absolute atomic E-state index is 0.0210. The van der Waals surface area contributed by atoms with Crippen molar-refractivity contribution in [3.8, 4) is 0 Å². The van der Waals surface area contributed by atoms with Gasteiger partial charge in [0.15, 0.2) is 6.10 Å². The molecule has 0 rings (SSSR count). The predicted octanol–water partition coefficient (Wildman–Crippen LogP) is 8.91. The number of allylic oxidation sites excluding steroid dienone is 10.